The van der Waals surface area contributed by atoms with Crippen LogP contribution in [0.3, 0.4) is 0 Å². The zero-order valence-electron chi connectivity index (χ0n) is 18.8. The number of allylic oxidation sites excluding steroid dienone is 3. The summed E-state index contributed by atoms with van der Waals surface area (Å²) in [6.07, 6.45) is 20.8. The minimum atomic E-state index is 0.436. The van der Waals surface area contributed by atoms with Crippen LogP contribution in [0.5, 0.6) is 0 Å². The van der Waals surface area contributed by atoms with Gasteiger partial charge in [-0.05, 0) is 76.2 Å². The van der Waals surface area contributed by atoms with Crippen LogP contribution in [-0.2, 0) is 0 Å². The molecule has 2 N–H and O–H groups in total. The summed E-state index contributed by atoms with van der Waals surface area (Å²) in [5.74, 6) is 1.35. The lowest BCUT2D eigenvalue weighted by molar-refractivity contribution is 0.0813. The summed E-state index contributed by atoms with van der Waals surface area (Å²) in [5, 5.41) is 0. The fourth-order valence-electron chi connectivity index (χ4n) is 4.38. The molecule has 0 bridgehead atoms. The lowest BCUT2D eigenvalue weighted by Crippen LogP contribution is -2.47. The van der Waals surface area contributed by atoms with Gasteiger partial charge in [0.1, 0.15) is 0 Å². The van der Waals surface area contributed by atoms with E-state index >= 15 is 0 Å². The third-order valence-electron chi connectivity index (χ3n) is 6.45. The largest absolute Gasteiger partial charge is 0.328 e. The number of nitrogens with two attached hydrogens (primary N) is 1. The predicted octanol–water partition coefficient (Wildman–Crippen LogP) is 6.71. The summed E-state index contributed by atoms with van der Waals surface area (Å²) in [6, 6.07) is 1.88. The Labute approximate surface area is 170 Å². The summed E-state index contributed by atoms with van der Waals surface area (Å²) in [7, 11) is 0. The van der Waals surface area contributed by atoms with Gasteiger partial charge >= 0.3 is 0 Å². The molecule has 0 aliphatic heterocycles. The molecule has 0 aromatic heterocycles. The van der Waals surface area contributed by atoms with Gasteiger partial charge in [0.25, 0.3) is 0 Å². The Hall–Kier alpha value is -0.600. The van der Waals surface area contributed by atoms with Gasteiger partial charge in [0.2, 0.25) is 0 Å². The average Bonchev–Trinajstić information content (AvgIpc) is 2.67. The summed E-state index contributed by atoms with van der Waals surface area (Å²) in [5.41, 5.74) is 6.19. The minimum absolute atomic E-state index is 0.436. The third kappa shape index (κ3) is 9.94. The molecule has 0 spiro atoms. The van der Waals surface area contributed by atoms with Gasteiger partial charge in [0.05, 0.1) is 0 Å². The molecule has 2 heteroatoms. The molecule has 0 aromatic carbocycles. The first-order valence-corrected chi connectivity index (χ1v) is 11.8. The van der Waals surface area contributed by atoms with E-state index in [-0.39, 0.29) is 0 Å². The molecule has 1 aliphatic carbocycles. The van der Waals surface area contributed by atoms with Crippen molar-refractivity contribution in [3.8, 4) is 0 Å². The molecule has 0 heterocycles. The molecule has 27 heavy (non-hydrogen) atoms. The molecule has 0 saturated heterocycles. The van der Waals surface area contributed by atoms with Crippen LogP contribution in [-0.4, -0.2) is 29.6 Å². The smallest absolute Gasteiger partial charge is 0.0104 e. The van der Waals surface area contributed by atoms with Gasteiger partial charge in [0.15, 0.2) is 0 Å². The third-order valence-corrected chi connectivity index (χ3v) is 6.45. The summed E-state index contributed by atoms with van der Waals surface area (Å²) in [6.45, 7) is 14.5. The topological polar surface area (TPSA) is 29.3 Å². The zero-order chi connectivity index (χ0) is 20.1. The van der Waals surface area contributed by atoms with Gasteiger partial charge in [-0.1, -0.05) is 58.8 Å². The number of rotatable bonds is 14. The normalized spacial score (nSPS) is 24.2. The molecule has 158 valence electrons. The molecule has 1 aliphatic rings. The van der Waals surface area contributed by atoms with Crippen LogP contribution >= 0.6 is 0 Å². The van der Waals surface area contributed by atoms with Crippen molar-refractivity contribution in [2.24, 2.45) is 17.6 Å². The SMILES string of the molecule is C=CCCCC(CC(C)/C=C\C(C)CC)N(CCCC)C1CCC(N)CC1. The average molecular weight is 377 g/mol. The van der Waals surface area contributed by atoms with Crippen molar-refractivity contribution in [1.82, 2.24) is 4.90 Å². The Morgan fingerprint density at radius 2 is 1.70 bits per heavy atom. The van der Waals surface area contributed by atoms with Gasteiger partial charge in [0, 0.05) is 18.1 Å². The van der Waals surface area contributed by atoms with Crippen LogP contribution in [0.4, 0.5) is 0 Å². The summed E-state index contributed by atoms with van der Waals surface area (Å²) < 4.78 is 0. The van der Waals surface area contributed by atoms with Gasteiger partial charge in [-0.3, -0.25) is 4.90 Å². The minimum Gasteiger partial charge on any atom is -0.328 e. The molecule has 0 aromatic rings. The second-order valence-electron chi connectivity index (χ2n) is 9.02. The van der Waals surface area contributed by atoms with Crippen LogP contribution in [0.15, 0.2) is 24.8 Å². The molecular weight excluding hydrogens is 328 g/mol. The molecule has 0 radical (unpaired) electrons. The highest BCUT2D eigenvalue weighted by Gasteiger charge is 2.29. The Kier molecular flexibility index (Phi) is 13.0. The lowest BCUT2D eigenvalue weighted by atomic mass is 9.87. The van der Waals surface area contributed by atoms with Crippen molar-refractivity contribution >= 4 is 0 Å². The van der Waals surface area contributed by atoms with Gasteiger partial charge < -0.3 is 5.73 Å². The van der Waals surface area contributed by atoms with E-state index in [2.05, 4.69) is 57.4 Å². The first-order chi connectivity index (χ1) is 13.0. The molecule has 1 saturated carbocycles. The highest BCUT2D eigenvalue weighted by molar-refractivity contribution is 4.93. The first-order valence-electron chi connectivity index (χ1n) is 11.8. The molecule has 1 fully saturated rings. The van der Waals surface area contributed by atoms with E-state index in [1.165, 1.54) is 70.8 Å². The Morgan fingerprint density at radius 3 is 2.30 bits per heavy atom. The molecule has 3 atom stereocenters. The van der Waals surface area contributed by atoms with E-state index in [1.807, 2.05) is 0 Å². The number of hydrogen-bond acceptors (Lipinski definition) is 2. The van der Waals surface area contributed by atoms with Crippen LogP contribution < -0.4 is 5.73 Å². The van der Waals surface area contributed by atoms with Crippen molar-refractivity contribution in [3.63, 3.8) is 0 Å². The maximum Gasteiger partial charge on any atom is 0.0104 e. The lowest BCUT2D eigenvalue weighted by Gasteiger charge is -2.42. The van der Waals surface area contributed by atoms with Crippen LogP contribution in [0.1, 0.15) is 98.3 Å². The fraction of sp³-hybridized carbons (Fsp3) is 0.840. The zero-order valence-corrected chi connectivity index (χ0v) is 18.8. The molecule has 3 unspecified atom stereocenters. The van der Waals surface area contributed by atoms with Crippen molar-refractivity contribution in [3.05, 3.63) is 24.8 Å². The number of unbranched alkanes of at least 4 members (excludes halogenated alkanes) is 2. The standard InChI is InChI=1S/C25H48N2/c1-6-9-11-12-25(20-22(5)14-13-21(4)8-3)27(19-10-7-2)24-17-15-23(26)16-18-24/h6,13-14,21-25H,1,7-12,15-20,26H2,2-5H3/b14-13-. The van der Waals surface area contributed by atoms with Gasteiger partial charge in [-0.15, -0.1) is 6.58 Å². The van der Waals surface area contributed by atoms with E-state index < -0.39 is 0 Å². The van der Waals surface area contributed by atoms with E-state index in [0.717, 1.165) is 12.5 Å². The van der Waals surface area contributed by atoms with Gasteiger partial charge in [-0.2, -0.15) is 0 Å². The predicted molar refractivity (Wildman–Crippen MR) is 122 cm³/mol. The van der Waals surface area contributed by atoms with E-state index in [9.17, 15) is 0 Å². The van der Waals surface area contributed by atoms with Crippen molar-refractivity contribution in [1.29, 1.82) is 0 Å². The molecular formula is C25H48N2. The highest BCUT2D eigenvalue weighted by Crippen LogP contribution is 2.29. The van der Waals surface area contributed by atoms with Crippen molar-refractivity contribution in [2.45, 2.75) is 116 Å². The van der Waals surface area contributed by atoms with Crippen LogP contribution in [0.2, 0.25) is 0 Å². The Bertz CT molecular complexity index is 395. The van der Waals surface area contributed by atoms with E-state index in [4.69, 9.17) is 5.73 Å². The monoisotopic (exact) mass is 376 g/mol. The van der Waals surface area contributed by atoms with Gasteiger partial charge in [-0.25, -0.2) is 0 Å². The quantitative estimate of drug-likeness (QED) is 0.269. The first kappa shape index (κ1) is 24.4. The maximum atomic E-state index is 6.19. The van der Waals surface area contributed by atoms with E-state index in [1.54, 1.807) is 0 Å². The number of hydrogen-bond donors (Lipinski definition) is 1. The summed E-state index contributed by atoms with van der Waals surface area (Å²) in [4.78, 5) is 2.89. The summed E-state index contributed by atoms with van der Waals surface area (Å²) >= 11 is 0. The number of nitrogens with zero attached hydrogens (tertiary/aromatic N) is 1. The second-order valence-corrected chi connectivity index (χ2v) is 9.02. The van der Waals surface area contributed by atoms with Crippen molar-refractivity contribution < 1.29 is 0 Å². The molecule has 2 nitrogen and oxygen atoms in total. The highest BCUT2D eigenvalue weighted by atomic mass is 15.2. The maximum absolute atomic E-state index is 6.19. The Morgan fingerprint density at radius 1 is 1.04 bits per heavy atom. The van der Waals surface area contributed by atoms with Crippen molar-refractivity contribution in [2.75, 3.05) is 6.54 Å². The Balaban J connectivity index is 2.82. The van der Waals surface area contributed by atoms with Crippen LogP contribution in [0.25, 0.3) is 0 Å². The van der Waals surface area contributed by atoms with Crippen LogP contribution in [0, 0.1) is 11.8 Å². The molecule has 1 rings (SSSR count). The second kappa shape index (κ2) is 14.4. The van der Waals surface area contributed by atoms with E-state index in [0.29, 0.717) is 23.9 Å². The fourth-order valence-corrected chi connectivity index (χ4v) is 4.38. The molecule has 0 amide bonds.